The van der Waals surface area contributed by atoms with Gasteiger partial charge in [-0.15, -0.1) is 0 Å². The number of benzene rings is 2. The summed E-state index contributed by atoms with van der Waals surface area (Å²) in [5, 5.41) is 6.48. The third kappa shape index (κ3) is 4.63. The lowest BCUT2D eigenvalue weighted by molar-refractivity contribution is 0.0303. The first-order chi connectivity index (χ1) is 14.0. The molecular weight excluding hydrogens is 399 g/mol. The van der Waals surface area contributed by atoms with Crippen LogP contribution in [0, 0.1) is 5.82 Å². The van der Waals surface area contributed by atoms with Gasteiger partial charge in [-0.05, 0) is 48.9 Å². The molecule has 154 valence electrons. The summed E-state index contributed by atoms with van der Waals surface area (Å²) in [7, 11) is 0. The monoisotopic (exact) mass is 420 g/mol. The summed E-state index contributed by atoms with van der Waals surface area (Å²) in [5.74, 6) is 0.230. The highest BCUT2D eigenvalue weighted by Gasteiger charge is 2.49. The molecule has 0 radical (unpaired) electrons. The van der Waals surface area contributed by atoms with Gasteiger partial charge in [0.1, 0.15) is 23.8 Å². The number of urea groups is 1. The van der Waals surface area contributed by atoms with Crippen molar-refractivity contribution in [3.63, 3.8) is 0 Å². The molecule has 6 nitrogen and oxygen atoms in total. The Bertz CT molecular complexity index is 849. The molecule has 2 aromatic rings. The van der Waals surface area contributed by atoms with Crippen LogP contribution in [-0.2, 0) is 9.47 Å². The molecule has 5 atom stereocenters. The molecule has 0 aliphatic carbocycles. The van der Waals surface area contributed by atoms with Crippen LogP contribution in [0.15, 0.2) is 48.5 Å². The van der Waals surface area contributed by atoms with Crippen molar-refractivity contribution in [2.75, 3.05) is 13.2 Å². The van der Waals surface area contributed by atoms with E-state index in [-0.39, 0.29) is 42.2 Å². The molecular formula is C21H22ClFN2O4. The summed E-state index contributed by atoms with van der Waals surface area (Å²) in [6.45, 7) is 2.57. The highest BCUT2D eigenvalue weighted by molar-refractivity contribution is 6.30. The summed E-state index contributed by atoms with van der Waals surface area (Å²) < 4.78 is 30.6. The SMILES string of the molecule is C[C@@H](NC(=O)N[C@H]1CO[C@H]2[C@@H]1OC[C@@H]2Oc1ccc(F)cc1)c1ccc(Cl)cc1. The van der Waals surface area contributed by atoms with Gasteiger partial charge < -0.3 is 24.8 Å². The second-order valence-electron chi connectivity index (χ2n) is 7.20. The minimum atomic E-state index is -0.321. The third-order valence-corrected chi connectivity index (χ3v) is 5.40. The van der Waals surface area contributed by atoms with Crippen LogP contribution >= 0.6 is 11.6 Å². The number of hydrogen-bond acceptors (Lipinski definition) is 4. The summed E-state index contributed by atoms with van der Waals surface area (Å²) in [6, 6.07) is 12.4. The standard InChI is InChI=1S/C21H22ClFN2O4/c1-12(13-2-4-14(22)5-3-13)24-21(26)25-17-10-27-20-18(11-28-19(17)20)29-16-8-6-15(23)7-9-16/h2-9,12,17-20H,10-11H2,1H3,(H2,24,25,26)/t12-,17+,18+,19-,20-/m1/s1. The Balaban J connectivity index is 1.30. The molecule has 0 spiro atoms. The van der Waals surface area contributed by atoms with Gasteiger partial charge in [-0.25, -0.2) is 9.18 Å². The van der Waals surface area contributed by atoms with E-state index in [1.807, 2.05) is 19.1 Å². The normalized spacial score (nSPS) is 26.6. The van der Waals surface area contributed by atoms with Gasteiger partial charge in [0, 0.05) is 5.02 Å². The lowest BCUT2D eigenvalue weighted by Gasteiger charge is -2.20. The van der Waals surface area contributed by atoms with Crippen LogP contribution < -0.4 is 15.4 Å². The first-order valence-corrected chi connectivity index (χ1v) is 9.85. The van der Waals surface area contributed by atoms with E-state index in [0.717, 1.165) is 5.56 Å². The maximum Gasteiger partial charge on any atom is 0.315 e. The number of ether oxygens (including phenoxy) is 3. The van der Waals surface area contributed by atoms with E-state index in [2.05, 4.69) is 10.6 Å². The largest absolute Gasteiger partial charge is 0.485 e. The third-order valence-electron chi connectivity index (χ3n) is 5.14. The van der Waals surface area contributed by atoms with Crippen LogP contribution in [0.2, 0.25) is 5.02 Å². The van der Waals surface area contributed by atoms with Crippen LogP contribution in [0.5, 0.6) is 5.75 Å². The molecule has 0 aromatic heterocycles. The van der Waals surface area contributed by atoms with Crippen molar-refractivity contribution < 1.29 is 23.4 Å². The fraction of sp³-hybridized carbons (Fsp3) is 0.381. The number of rotatable bonds is 5. The molecule has 2 saturated heterocycles. The number of hydrogen-bond donors (Lipinski definition) is 2. The fourth-order valence-corrected chi connectivity index (χ4v) is 3.74. The number of carbonyl (C=O) groups excluding carboxylic acids is 1. The number of fused-ring (bicyclic) bond motifs is 1. The van der Waals surface area contributed by atoms with Gasteiger partial charge in [0.15, 0.2) is 6.10 Å². The molecule has 2 aliphatic rings. The molecule has 4 rings (SSSR count). The van der Waals surface area contributed by atoms with E-state index in [4.69, 9.17) is 25.8 Å². The lowest BCUT2D eigenvalue weighted by Crippen LogP contribution is -2.48. The molecule has 0 unspecified atom stereocenters. The smallest absolute Gasteiger partial charge is 0.315 e. The van der Waals surface area contributed by atoms with Crippen molar-refractivity contribution >= 4 is 17.6 Å². The first-order valence-electron chi connectivity index (χ1n) is 9.47. The average molecular weight is 421 g/mol. The van der Waals surface area contributed by atoms with E-state index >= 15 is 0 Å². The van der Waals surface area contributed by atoms with Crippen LogP contribution in [0.1, 0.15) is 18.5 Å². The van der Waals surface area contributed by atoms with E-state index in [0.29, 0.717) is 24.0 Å². The van der Waals surface area contributed by atoms with Crippen molar-refractivity contribution in [1.82, 2.24) is 10.6 Å². The zero-order chi connectivity index (χ0) is 20.4. The van der Waals surface area contributed by atoms with E-state index in [9.17, 15) is 9.18 Å². The number of halogens is 2. The average Bonchev–Trinajstić information content (AvgIpc) is 3.27. The second-order valence-corrected chi connectivity index (χ2v) is 7.64. The lowest BCUT2D eigenvalue weighted by atomic mass is 10.1. The predicted octanol–water partition coefficient (Wildman–Crippen LogP) is 3.45. The number of nitrogens with one attached hydrogen (secondary N) is 2. The zero-order valence-corrected chi connectivity index (χ0v) is 16.6. The van der Waals surface area contributed by atoms with Crippen LogP contribution in [0.4, 0.5) is 9.18 Å². The van der Waals surface area contributed by atoms with Crippen LogP contribution in [0.3, 0.4) is 0 Å². The van der Waals surface area contributed by atoms with Gasteiger partial charge >= 0.3 is 6.03 Å². The molecule has 0 bridgehead atoms. The quantitative estimate of drug-likeness (QED) is 0.777. The molecule has 8 heteroatoms. The number of carbonyl (C=O) groups is 1. The van der Waals surface area contributed by atoms with E-state index in [1.54, 1.807) is 24.3 Å². The first kappa shape index (κ1) is 19.9. The highest BCUT2D eigenvalue weighted by atomic mass is 35.5. The van der Waals surface area contributed by atoms with Crippen molar-refractivity contribution in [2.45, 2.75) is 37.3 Å². The van der Waals surface area contributed by atoms with Crippen molar-refractivity contribution in [3.8, 4) is 5.75 Å². The summed E-state index contributed by atoms with van der Waals surface area (Å²) in [6.07, 6.45) is -0.899. The maximum absolute atomic E-state index is 13.0. The molecule has 2 fully saturated rings. The molecule has 29 heavy (non-hydrogen) atoms. The van der Waals surface area contributed by atoms with Crippen molar-refractivity contribution in [2.24, 2.45) is 0 Å². The van der Waals surface area contributed by atoms with Crippen LogP contribution in [-0.4, -0.2) is 43.6 Å². The Labute approximate surface area is 173 Å². The Morgan fingerprint density at radius 2 is 1.79 bits per heavy atom. The molecule has 0 saturated carbocycles. The minimum Gasteiger partial charge on any atom is -0.485 e. The predicted molar refractivity (Wildman–Crippen MR) is 106 cm³/mol. The second kappa shape index (κ2) is 8.57. The summed E-state index contributed by atoms with van der Waals surface area (Å²) in [4.78, 5) is 12.4. The molecule has 2 heterocycles. The van der Waals surface area contributed by atoms with Crippen LogP contribution in [0.25, 0.3) is 0 Å². The van der Waals surface area contributed by atoms with E-state index in [1.165, 1.54) is 12.1 Å². The Kier molecular flexibility index (Phi) is 5.89. The summed E-state index contributed by atoms with van der Waals surface area (Å²) in [5.41, 5.74) is 0.954. The van der Waals surface area contributed by atoms with Gasteiger partial charge in [-0.3, -0.25) is 0 Å². The minimum absolute atomic E-state index is 0.176. The van der Waals surface area contributed by atoms with Crippen molar-refractivity contribution in [3.05, 3.63) is 64.9 Å². The van der Waals surface area contributed by atoms with Crippen molar-refractivity contribution in [1.29, 1.82) is 0 Å². The van der Waals surface area contributed by atoms with Gasteiger partial charge in [-0.1, -0.05) is 23.7 Å². The van der Waals surface area contributed by atoms with E-state index < -0.39 is 0 Å². The molecule has 2 N–H and O–H groups in total. The molecule has 2 aliphatic heterocycles. The zero-order valence-electron chi connectivity index (χ0n) is 15.8. The number of amides is 2. The summed E-state index contributed by atoms with van der Waals surface area (Å²) >= 11 is 5.90. The van der Waals surface area contributed by atoms with Gasteiger partial charge in [0.2, 0.25) is 0 Å². The Hall–Kier alpha value is -2.35. The fourth-order valence-electron chi connectivity index (χ4n) is 3.62. The molecule has 2 aromatic carbocycles. The Morgan fingerprint density at radius 3 is 2.52 bits per heavy atom. The topological polar surface area (TPSA) is 68.8 Å². The van der Waals surface area contributed by atoms with Gasteiger partial charge in [0.25, 0.3) is 0 Å². The van der Waals surface area contributed by atoms with Gasteiger partial charge in [0.05, 0.1) is 25.3 Å². The Morgan fingerprint density at radius 1 is 1.10 bits per heavy atom. The molecule has 2 amide bonds. The maximum atomic E-state index is 13.0. The highest BCUT2D eigenvalue weighted by Crippen LogP contribution is 2.30. The van der Waals surface area contributed by atoms with Gasteiger partial charge in [-0.2, -0.15) is 0 Å².